The smallest absolute Gasteiger partial charge is 0.263 e. The van der Waals surface area contributed by atoms with Crippen LogP contribution in [0.2, 0.25) is 0 Å². The molecule has 92 valence electrons. The van der Waals surface area contributed by atoms with Crippen LogP contribution in [0.5, 0.6) is 0 Å². The van der Waals surface area contributed by atoms with Crippen LogP contribution < -0.4 is 0 Å². The maximum Gasteiger partial charge on any atom is 0.269 e. The summed E-state index contributed by atoms with van der Waals surface area (Å²) in [6.07, 6.45) is 6.67. The summed E-state index contributed by atoms with van der Waals surface area (Å²) in [4.78, 5) is 14.0. The molecule has 2 aromatic rings. The van der Waals surface area contributed by atoms with Crippen LogP contribution in [-0.2, 0) is 0 Å². The minimum atomic E-state index is -0.440. The monoisotopic (exact) mass is 251 g/mol. The molecule has 2 rings (SSSR count). The predicted octanol–water partition coefficient (Wildman–Crippen LogP) is 3.03. The molecule has 0 N–H and O–H groups in total. The van der Waals surface area contributed by atoms with Gasteiger partial charge in [0, 0.05) is 24.5 Å². The summed E-state index contributed by atoms with van der Waals surface area (Å²) in [5.74, 6) is 0. The molecule has 0 spiro atoms. The predicted molar refractivity (Wildman–Crippen MR) is 71.0 cm³/mol. The first-order valence-electron chi connectivity index (χ1n) is 5.47. The number of nitriles is 1. The van der Waals surface area contributed by atoms with Crippen molar-refractivity contribution in [3.8, 4) is 6.07 Å². The van der Waals surface area contributed by atoms with Crippen molar-refractivity contribution in [2.45, 2.75) is 0 Å². The first-order chi connectivity index (χ1) is 9.20. The fraction of sp³-hybridized carbons (Fsp3) is 0. The Labute approximate surface area is 109 Å². The number of hydrogen-bond donors (Lipinski definition) is 0. The number of nitrogens with zero attached hydrogens (tertiary/aromatic N) is 3. The molecule has 1 aromatic heterocycles. The van der Waals surface area contributed by atoms with Crippen molar-refractivity contribution in [1.82, 2.24) is 4.98 Å². The van der Waals surface area contributed by atoms with Crippen LogP contribution in [0, 0.1) is 21.4 Å². The minimum absolute atomic E-state index is 0.0544. The Morgan fingerprint density at radius 2 is 1.95 bits per heavy atom. The Kier molecular flexibility index (Phi) is 3.64. The second kappa shape index (κ2) is 5.56. The van der Waals surface area contributed by atoms with Crippen molar-refractivity contribution in [2.24, 2.45) is 0 Å². The van der Waals surface area contributed by atoms with E-state index < -0.39 is 4.92 Å². The summed E-state index contributed by atoms with van der Waals surface area (Å²) >= 11 is 0. The number of hydrogen-bond acceptors (Lipinski definition) is 4. The van der Waals surface area contributed by atoms with E-state index in [4.69, 9.17) is 5.26 Å². The summed E-state index contributed by atoms with van der Waals surface area (Å²) in [5.41, 5.74) is 2.13. The van der Waals surface area contributed by atoms with Crippen molar-refractivity contribution < 1.29 is 4.92 Å². The van der Waals surface area contributed by atoms with Crippen molar-refractivity contribution in [3.05, 3.63) is 69.5 Å². The van der Waals surface area contributed by atoms with E-state index >= 15 is 0 Å². The molecule has 5 heteroatoms. The van der Waals surface area contributed by atoms with Crippen LogP contribution in [0.3, 0.4) is 0 Å². The van der Waals surface area contributed by atoms with Crippen LogP contribution in [0.15, 0.2) is 42.7 Å². The third-order valence-corrected chi connectivity index (χ3v) is 2.53. The summed E-state index contributed by atoms with van der Waals surface area (Å²) in [7, 11) is 0. The summed E-state index contributed by atoms with van der Waals surface area (Å²) in [6.45, 7) is 0. The highest BCUT2D eigenvalue weighted by atomic mass is 16.6. The second-order valence-electron chi connectivity index (χ2n) is 3.76. The highest BCUT2D eigenvalue weighted by Crippen LogP contribution is 2.15. The number of non-ortho nitro benzene ring substituents is 1. The van der Waals surface area contributed by atoms with Crippen LogP contribution in [-0.4, -0.2) is 9.91 Å². The van der Waals surface area contributed by atoms with E-state index in [1.165, 1.54) is 18.3 Å². The van der Waals surface area contributed by atoms with Gasteiger partial charge in [0.15, 0.2) is 0 Å². The molecule has 0 aliphatic heterocycles. The van der Waals surface area contributed by atoms with E-state index in [9.17, 15) is 10.1 Å². The largest absolute Gasteiger partial charge is 0.269 e. The zero-order chi connectivity index (χ0) is 13.7. The summed E-state index contributed by atoms with van der Waals surface area (Å²) in [6, 6.07) is 9.98. The topological polar surface area (TPSA) is 79.8 Å². The van der Waals surface area contributed by atoms with E-state index in [1.807, 2.05) is 0 Å². The van der Waals surface area contributed by atoms with E-state index in [-0.39, 0.29) is 5.69 Å². The number of rotatable bonds is 3. The molecule has 0 aliphatic rings. The molecule has 1 heterocycles. The van der Waals surface area contributed by atoms with Gasteiger partial charge in [0.25, 0.3) is 5.69 Å². The summed E-state index contributed by atoms with van der Waals surface area (Å²) in [5, 5.41) is 19.4. The van der Waals surface area contributed by atoms with Gasteiger partial charge in [0.1, 0.15) is 6.07 Å². The van der Waals surface area contributed by atoms with Crippen LogP contribution >= 0.6 is 0 Å². The van der Waals surface area contributed by atoms with Gasteiger partial charge in [-0.25, -0.2) is 0 Å². The van der Waals surface area contributed by atoms with Gasteiger partial charge in [-0.05, 0) is 29.3 Å². The standard InChI is InChI=1S/C14H9N3O2/c15-9-13-10-16-8-7-12(13)4-1-11-2-5-14(6-3-11)17(18)19/h1-8,10H. The molecule has 19 heavy (non-hydrogen) atoms. The number of nitro groups is 1. The molecule has 0 unspecified atom stereocenters. The van der Waals surface area contributed by atoms with Crippen molar-refractivity contribution >= 4 is 17.8 Å². The Bertz CT molecular complexity index is 670. The lowest BCUT2D eigenvalue weighted by Gasteiger charge is -1.96. The Balaban J connectivity index is 2.23. The number of benzene rings is 1. The quantitative estimate of drug-likeness (QED) is 0.620. The van der Waals surface area contributed by atoms with Crippen LogP contribution in [0.1, 0.15) is 16.7 Å². The van der Waals surface area contributed by atoms with E-state index in [1.54, 1.807) is 36.5 Å². The number of aromatic nitrogens is 1. The third kappa shape index (κ3) is 3.01. The van der Waals surface area contributed by atoms with Gasteiger partial charge in [-0.15, -0.1) is 0 Å². The van der Waals surface area contributed by atoms with E-state index in [2.05, 4.69) is 11.1 Å². The molecular weight excluding hydrogens is 242 g/mol. The highest BCUT2D eigenvalue weighted by Gasteiger charge is 2.02. The maximum absolute atomic E-state index is 10.5. The van der Waals surface area contributed by atoms with E-state index in [0.29, 0.717) is 5.56 Å². The second-order valence-corrected chi connectivity index (χ2v) is 3.76. The van der Waals surface area contributed by atoms with Gasteiger partial charge >= 0.3 is 0 Å². The SMILES string of the molecule is N#Cc1cnccc1C=Cc1ccc([N+](=O)[O-])cc1. The fourth-order valence-electron chi connectivity index (χ4n) is 1.54. The average Bonchev–Trinajstić information content (AvgIpc) is 2.45. The molecule has 0 saturated carbocycles. The average molecular weight is 251 g/mol. The molecule has 5 nitrogen and oxygen atoms in total. The molecule has 0 aliphatic carbocycles. The van der Waals surface area contributed by atoms with Crippen LogP contribution in [0.25, 0.3) is 12.2 Å². The molecule has 0 amide bonds. The van der Waals surface area contributed by atoms with Gasteiger partial charge in [-0.2, -0.15) is 5.26 Å². The molecule has 0 fully saturated rings. The zero-order valence-corrected chi connectivity index (χ0v) is 9.85. The zero-order valence-electron chi connectivity index (χ0n) is 9.85. The molecular formula is C14H9N3O2. The normalized spacial score (nSPS) is 10.3. The first kappa shape index (κ1) is 12.5. The van der Waals surface area contributed by atoms with E-state index in [0.717, 1.165) is 11.1 Å². The van der Waals surface area contributed by atoms with Gasteiger partial charge in [-0.1, -0.05) is 12.2 Å². The number of nitro benzene ring substituents is 1. The molecule has 0 atom stereocenters. The van der Waals surface area contributed by atoms with Crippen molar-refractivity contribution in [1.29, 1.82) is 5.26 Å². The molecule has 0 saturated heterocycles. The van der Waals surface area contributed by atoms with Gasteiger partial charge in [0.2, 0.25) is 0 Å². The Hall–Kier alpha value is -3.00. The van der Waals surface area contributed by atoms with Crippen LogP contribution in [0.4, 0.5) is 5.69 Å². The number of pyridine rings is 1. The Morgan fingerprint density at radius 3 is 2.58 bits per heavy atom. The third-order valence-electron chi connectivity index (χ3n) is 2.53. The molecule has 0 radical (unpaired) electrons. The molecule has 0 bridgehead atoms. The lowest BCUT2D eigenvalue weighted by atomic mass is 10.1. The maximum atomic E-state index is 10.5. The van der Waals surface area contributed by atoms with Gasteiger partial charge in [-0.3, -0.25) is 15.1 Å². The van der Waals surface area contributed by atoms with Gasteiger partial charge in [0.05, 0.1) is 10.5 Å². The minimum Gasteiger partial charge on any atom is -0.263 e. The first-order valence-corrected chi connectivity index (χ1v) is 5.47. The summed E-state index contributed by atoms with van der Waals surface area (Å²) < 4.78 is 0. The Morgan fingerprint density at radius 1 is 1.21 bits per heavy atom. The van der Waals surface area contributed by atoms with Crippen molar-refractivity contribution in [2.75, 3.05) is 0 Å². The highest BCUT2D eigenvalue weighted by molar-refractivity contribution is 5.72. The lowest BCUT2D eigenvalue weighted by Crippen LogP contribution is -1.86. The fourth-order valence-corrected chi connectivity index (χ4v) is 1.54. The lowest BCUT2D eigenvalue weighted by molar-refractivity contribution is -0.384. The van der Waals surface area contributed by atoms with Crippen molar-refractivity contribution in [3.63, 3.8) is 0 Å². The molecule has 1 aromatic carbocycles. The van der Waals surface area contributed by atoms with Gasteiger partial charge < -0.3 is 0 Å².